The minimum Gasteiger partial charge on any atom is -0.494 e. The fourth-order valence-corrected chi connectivity index (χ4v) is 1.18. The summed E-state index contributed by atoms with van der Waals surface area (Å²) in [6.07, 6.45) is 2.05. The second kappa shape index (κ2) is 6.05. The lowest BCUT2D eigenvalue weighted by Crippen LogP contribution is -1.97. The van der Waals surface area contributed by atoms with Gasteiger partial charge in [-0.3, -0.25) is 0 Å². The molecule has 3 heteroatoms. The number of unbranched alkanes of at least 4 members (excludes halogenated alkanes) is 1. The van der Waals surface area contributed by atoms with E-state index in [0.717, 1.165) is 19.4 Å². The van der Waals surface area contributed by atoms with Gasteiger partial charge in [0, 0.05) is 0 Å². The van der Waals surface area contributed by atoms with Crippen LogP contribution >= 0.6 is 0 Å². The number of ether oxygens (including phenoxy) is 1. The molecule has 3 nitrogen and oxygen atoms in total. The van der Waals surface area contributed by atoms with E-state index in [2.05, 4.69) is 6.92 Å². The van der Waals surface area contributed by atoms with Crippen LogP contribution in [0.1, 0.15) is 30.9 Å². The van der Waals surface area contributed by atoms with Crippen LogP contribution in [0.25, 0.3) is 0 Å². The van der Waals surface area contributed by atoms with Crippen molar-refractivity contribution in [2.75, 3.05) is 6.61 Å². The molecule has 0 fully saturated rings. The number of aliphatic hydroxyl groups excluding tert-OH is 1. The molecule has 15 heavy (non-hydrogen) atoms. The molecule has 0 atom stereocenters. The van der Waals surface area contributed by atoms with Gasteiger partial charge in [0.1, 0.15) is 12.4 Å². The molecule has 0 aliphatic heterocycles. The zero-order valence-electron chi connectivity index (χ0n) is 8.73. The Balaban J connectivity index is 2.74. The molecular formula is C12H14NO2. The molecule has 0 saturated heterocycles. The zero-order valence-corrected chi connectivity index (χ0v) is 8.73. The summed E-state index contributed by atoms with van der Waals surface area (Å²) in [5, 5.41) is 17.6. The van der Waals surface area contributed by atoms with Gasteiger partial charge >= 0.3 is 0 Å². The van der Waals surface area contributed by atoms with E-state index < -0.39 is 0 Å². The van der Waals surface area contributed by atoms with Gasteiger partial charge < -0.3 is 9.84 Å². The van der Waals surface area contributed by atoms with Crippen LogP contribution in [0.5, 0.6) is 5.75 Å². The number of hydrogen-bond donors (Lipinski definition) is 1. The third kappa shape index (κ3) is 3.61. The lowest BCUT2D eigenvalue weighted by molar-refractivity contribution is 0.308. The molecule has 0 aromatic heterocycles. The Hall–Kier alpha value is -1.53. The highest BCUT2D eigenvalue weighted by atomic mass is 16.5. The number of rotatable bonds is 5. The summed E-state index contributed by atoms with van der Waals surface area (Å²) in [5.41, 5.74) is 1.07. The van der Waals surface area contributed by atoms with E-state index in [1.54, 1.807) is 18.2 Å². The van der Waals surface area contributed by atoms with E-state index in [4.69, 9.17) is 15.1 Å². The van der Waals surface area contributed by atoms with Gasteiger partial charge in [0.25, 0.3) is 0 Å². The maximum Gasteiger partial charge on any atom is 0.120 e. The summed E-state index contributed by atoms with van der Waals surface area (Å²) in [6.45, 7) is 3.69. The molecule has 0 heterocycles. The number of nitrogens with zero attached hydrogens (tertiary/aromatic N) is 1. The van der Waals surface area contributed by atoms with Crippen molar-refractivity contribution in [3.8, 4) is 11.8 Å². The van der Waals surface area contributed by atoms with Gasteiger partial charge in [0.2, 0.25) is 0 Å². The molecule has 0 saturated carbocycles. The second-order valence-electron chi connectivity index (χ2n) is 3.23. The Morgan fingerprint density at radius 2 is 2.27 bits per heavy atom. The Kier molecular flexibility index (Phi) is 4.65. The molecule has 0 unspecified atom stereocenters. The van der Waals surface area contributed by atoms with E-state index in [9.17, 15) is 0 Å². The molecule has 1 rings (SSSR count). The maximum atomic E-state index is 8.86. The molecule has 79 valence electrons. The average molecular weight is 204 g/mol. The molecule has 0 amide bonds. The first-order chi connectivity index (χ1) is 7.30. The van der Waals surface area contributed by atoms with Crippen molar-refractivity contribution >= 4 is 0 Å². The first kappa shape index (κ1) is 11.5. The molecule has 1 N–H and O–H groups in total. The predicted molar refractivity (Wildman–Crippen MR) is 56.9 cm³/mol. The number of aliphatic hydroxyl groups is 1. The van der Waals surface area contributed by atoms with Gasteiger partial charge in [0.15, 0.2) is 0 Å². The third-order valence-electron chi connectivity index (χ3n) is 1.97. The fraction of sp³-hybridized carbons (Fsp3) is 0.333. The molecular weight excluding hydrogens is 190 g/mol. The molecule has 0 aliphatic rings. The third-order valence-corrected chi connectivity index (χ3v) is 1.97. The summed E-state index contributed by atoms with van der Waals surface area (Å²) in [5.74, 6) is 0.628. The van der Waals surface area contributed by atoms with Gasteiger partial charge in [-0.2, -0.15) is 5.26 Å². The monoisotopic (exact) mass is 204 g/mol. The van der Waals surface area contributed by atoms with Crippen molar-refractivity contribution in [3.63, 3.8) is 0 Å². The van der Waals surface area contributed by atoms with E-state index in [0.29, 0.717) is 23.5 Å². The van der Waals surface area contributed by atoms with Gasteiger partial charge in [-0.25, -0.2) is 0 Å². The van der Waals surface area contributed by atoms with E-state index in [-0.39, 0.29) is 0 Å². The summed E-state index contributed by atoms with van der Waals surface area (Å²) in [4.78, 5) is 0. The van der Waals surface area contributed by atoms with E-state index >= 15 is 0 Å². The summed E-state index contributed by atoms with van der Waals surface area (Å²) in [6, 6.07) is 7.00. The van der Waals surface area contributed by atoms with Crippen LogP contribution in [0.3, 0.4) is 0 Å². The first-order valence-corrected chi connectivity index (χ1v) is 4.95. The lowest BCUT2D eigenvalue weighted by atomic mass is 10.1. The van der Waals surface area contributed by atoms with E-state index in [1.807, 2.05) is 6.07 Å². The lowest BCUT2D eigenvalue weighted by Gasteiger charge is -2.06. The molecule has 0 bridgehead atoms. The SMILES string of the molecule is CCCCOc1cc(C#N)cc([CH]O)c1. The van der Waals surface area contributed by atoms with Crippen LogP contribution in [-0.2, 0) is 0 Å². The average Bonchev–Trinajstić information content (AvgIpc) is 2.29. The Morgan fingerprint density at radius 1 is 1.47 bits per heavy atom. The quantitative estimate of drug-likeness (QED) is 0.750. The topological polar surface area (TPSA) is 53.2 Å². The zero-order chi connectivity index (χ0) is 11.1. The van der Waals surface area contributed by atoms with E-state index in [1.165, 1.54) is 0 Å². The summed E-state index contributed by atoms with van der Waals surface area (Å²) >= 11 is 0. The van der Waals surface area contributed by atoms with Crippen LogP contribution < -0.4 is 4.74 Å². The standard InChI is InChI=1S/C12H14NO2/c1-2-3-4-15-12-6-10(8-13)5-11(7-12)9-14/h5-7,9,14H,2-4H2,1H3. The number of nitriles is 1. The van der Waals surface area contributed by atoms with Gasteiger partial charge in [-0.1, -0.05) is 13.3 Å². The predicted octanol–water partition coefficient (Wildman–Crippen LogP) is 2.62. The van der Waals surface area contributed by atoms with Crippen LogP contribution in [0.15, 0.2) is 18.2 Å². The largest absolute Gasteiger partial charge is 0.494 e. The summed E-state index contributed by atoms with van der Waals surface area (Å²) in [7, 11) is 0. The Morgan fingerprint density at radius 3 is 2.87 bits per heavy atom. The van der Waals surface area contributed by atoms with Crippen molar-refractivity contribution in [1.29, 1.82) is 5.26 Å². The normalized spacial score (nSPS) is 9.67. The highest BCUT2D eigenvalue weighted by Crippen LogP contribution is 2.17. The van der Waals surface area contributed by atoms with Crippen molar-refractivity contribution in [2.45, 2.75) is 19.8 Å². The Bertz CT molecular complexity index is 355. The highest BCUT2D eigenvalue weighted by molar-refractivity contribution is 5.42. The summed E-state index contributed by atoms with van der Waals surface area (Å²) < 4.78 is 5.45. The van der Waals surface area contributed by atoms with Crippen molar-refractivity contribution < 1.29 is 9.84 Å². The highest BCUT2D eigenvalue weighted by Gasteiger charge is 2.01. The van der Waals surface area contributed by atoms with Crippen molar-refractivity contribution in [2.24, 2.45) is 0 Å². The molecule has 0 aliphatic carbocycles. The van der Waals surface area contributed by atoms with Crippen LogP contribution in [0, 0.1) is 17.9 Å². The van der Waals surface area contributed by atoms with Crippen molar-refractivity contribution in [3.05, 3.63) is 35.9 Å². The van der Waals surface area contributed by atoms with Crippen LogP contribution in [0.2, 0.25) is 0 Å². The molecule has 0 spiro atoms. The van der Waals surface area contributed by atoms with Gasteiger partial charge in [-0.05, 0) is 30.2 Å². The maximum absolute atomic E-state index is 8.86. The smallest absolute Gasteiger partial charge is 0.120 e. The van der Waals surface area contributed by atoms with Gasteiger partial charge in [-0.15, -0.1) is 0 Å². The van der Waals surface area contributed by atoms with Crippen LogP contribution in [-0.4, -0.2) is 11.7 Å². The molecule has 1 aromatic rings. The van der Waals surface area contributed by atoms with Gasteiger partial charge in [0.05, 0.1) is 18.2 Å². The Labute approximate surface area is 89.9 Å². The minimum atomic E-state index is 0.490. The second-order valence-corrected chi connectivity index (χ2v) is 3.23. The number of hydrogen-bond acceptors (Lipinski definition) is 3. The van der Waals surface area contributed by atoms with Crippen molar-refractivity contribution in [1.82, 2.24) is 0 Å². The van der Waals surface area contributed by atoms with Crippen LogP contribution in [0.4, 0.5) is 0 Å². The molecule has 1 radical (unpaired) electrons. The number of benzene rings is 1. The first-order valence-electron chi connectivity index (χ1n) is 4.95. The minimum absolute atomic E-state index is 0.490. The fourth-order valence-electron chi connectivity index (χ4n) is 1.18. The molecule has 1 aromatic carbocycles.